The second kappa shape index (κ2) is 14.9. The van der Waals surface area contributed by atoms with Crippen LogP contribution in [-0.2, 0) is 26.2 Å². The predicted octanol–water partition coefficient (Wildman–Crippen LogP) is 7.52. The van der Waals surface area contributed by atoms with Crippen molar-refractivity contribution in [2.75, 3.05) is 10.8 Å². The first-order chi connectivity index (χ1) is 20.5. The molecular formula is C32H36BrCl2N3O4S. The Labute approximate surface area is 272 Å². The number of carbonyl (C=O) groups excluding carboxylic acids is 2. The molecule has 1 aliphatic carbocycles. The molecule has 11 heteroatoms. The highest BCUT2D eigenvalue weighted by Crippen LogP contribution is 2.30. The number of hydrogen-bond donors (Lipinski definition) is 1. The fraction of sp³-hybridized carbons (Fsp3) is 0.375. The van der Waals surface area contributed by atoms with E-state index in [9.17, 15) is 18.0 Å². The minimum absolute atomic E-state index is 0.0382. The van der Waals surface area contributed by atoms with Crippen LogP contribution in [0.5, 0.6) is 0 Å². The number of anilines is 1. The van der Waals surface area contributed by atoms with Gasteiger partial charge in [0.2, 0.25) is 11.8 Å². The van der Waals surface area contributed by atoms with Gasteiger partial charge in [-0.3, -0.25) is 13.9 Å². The third kappa shape index (κ3) is 8.32. The molecule has 0 unspecified atom stereocenters. The van der Waals surface area contributed by atoms with E-state index < -0.39 is 28.5 Å². The maximum Gasteiger partial charge on any atom is 0.264 e. The zero-order valence-corrected chi connectivity index (χ0v) is 28.1. The number of rotatable bonds is 11. The van der Waals surface area contributed by atoms with Crippen LogP contribution in [0.15, 0.2) is 76.1 Å². The van der Waals surface area contributed by atoms with Crippen molar-refractivity contribution in [3.05, 3.63) is 92.4 Å². The Bertz CT molecular complexity index is 1530. The molecule has 4 rings (SSSR count). The largest absolute Gasteiger partial charge is 0.352 e. The third-order valence-corrected chi connectivity index (χ3v) is 10.7. The SMILES string of the molecule is CC[C@@H](C(=O)NC1CCCCC1)N(Cc1c(Cl)cccc1Cl)C(=O)CN(c1cccc(Br)c1)S(=O)(=O)c1ccc(C)cc1. The van der Waals surface area contributed by atoms with E-state index in [-0.39, 0.29) is 23.4 Å². The second-order valence-corrected chi connectivity index (χ2v) is 14.4. The van der Waals surface area contributed by atoms with E-state index in [1.807, 2.05) is 13.8 Å². The van der Waals surface area contributed by atoms with Gasteiger partial charge in [0.1, 0.15) is 12.6 Å². The number of hydrogen-bond acceptors (Lipinski definition) is 4. The number of sulfonamides is 1. The van der Waals surface area contributed by atoms with Crippen LogP contribution in [-0.4, -0.2) is 43.8 Å². The van der Waals surface area contributed by atoms with E-state index in [4.69, 9.17) is 23.2 Å². The summed E-state index contributed by atoms with van der Waals surface area (Å²) in [5.41, 5.74) is 1.69. The molecule has 3 aromatic carbocycles. The van der Waals surface area contributed by atoms with Crippen LogP contribution < -0.4 is 9.62 Å². The van der Waals surface area contributed by atoms with Gasteiger partial charge in [-0.05, 0) is 68.7 Å². The Morgan fingerprint density at radius 2 is 1.60 bits per heavy atom. The highest BCUT2D eigenvalue weighted by Gasteiger charge is 2.35. The third-order valence-electron chi connectivity index (χ3n) is 7.71. The molecule has 0 spiro atoms. The first-order valence-electron chi connectivity index (χ1n) is 14.4. The van der Waals surface area contributed by atoms with Gasteiger partial charge in [0.05, 0.1) is 10.6 Å². The Morgan fingerprint density at radius 1 is 0.977 bits per heavy atom. The quantitative estimate of drug-likeness (QED) is 0.223. The van der Waals surface area contributed by atoms with Gasteiger partial charge < -0.3 is 10.2 Å². The van der Waals surface area contributed by atoms with Crippen LogP contribution in [0.2, 0.25) is 10.0 Å². The number of halogens is 3. The van der Waals surface area contributed by atoms with E-state index in [0.29, 0.717) is 32.2 Å². The predicted molar refractivity (Wildman–Crippen MR) is 176 cm³/mol. The fourth-order valence-corrected chi connectivity index (χ4v) is 7.63. The van der Waals surface area contributed by atoms with Crippen LogP contribution in [0.1, 0.15) is 56.6 Å². The van der Waals surface area contributed by atoms with Crippen LogP contribution >= 0.6 is 39.1 Å². The number of amides is 2. The number of benzene rings is 3. The van der Waals surface area contributed by atoms with Crippen molar-refractivity contribution < 1.29 is 18.0 Å². The molecule has 1 fully saturated rings. The van der Waals surface area contributed by atoms with Crippen molar-refractivity contribution in [2.45, 2.75) is 75.9 Å². The average molecular weight is 710 g/mol. The lowest BCUT2D eigenvalue weighted by atomic mass is 9.95. The summed E-state index contributed by atoms with van der Waals surface area (Å²) in [6.07, 6.45) is 5.31. The van der Waals surface area contributed by atoms with Gasteiger partial charge in [0.25, 0.3) is 10.0 Å². The Balaban J connectivity index is 1.74. The molecule has 1 saturated carbocycles. The molecular weight excluding hydrogens is 673 g/mol. The average Bonchev–Trinajstić information content (AvgIpc) is 2.97. The van der Waals surface area contributed by atoms with Crippen LogP contribution in [0.4, 0.5) is 5.69 Å². The summed E-state index contributed by atoms with van der Waals surface area (Å²) >= 11 is 16.4. The molecule has 1 N–H and O–H groups in total. The lowest BCUT2D eigenvalue weighted by Gasteiger charge is -2.34. The fourth-order valence-electron chi connectivity index (χ4n) is 5.31. The molecule has 3 aromatic rings. The summed E-state index contributed by atoms with van der Waals surface area (Å²) < 4.78 is 29.8. The lowest BCUT2D eigenvalue weighted by molar-refractivity contribution is -0.140. The summed E-state index contributed by atoms with van der Waals surface area (Å²) in [6.45, 7) is 3.09. The van der Waals surface area contributed by atoms with Gasteiger partial charge >= 0.3 is 0 Å². The Morgan fingerprint density at radius 3 is 2.21 bits per heavy atom. The van der Waals surface area contributed by atoms with Gasteiger partial charge in [-0.15, -0.1) is 0 Å². The highest BCUT2D eigenvalue weighted by molar-refractivity contribution is 9.10. The van der Waals surface area contributed by atoms with Crippen molar-refractivity contribution in [1.82, 2.24) is 10.2 Å². The molecule has 43 heavy (non-hydrogen) atoms. The molecule has 0 aliphatic heterocycles. The maximum absolute atomic E-state index is 14.3. The smallest absolute Gasteiger partial charge is 0.264 e. The number of carbonyl (C=O) groups is 2. The van der Waals surface area contributed by atoms with Crippen molar-refractivity contribution in [2.24, 2.45) is 0 Å². The molecule has 1 aliphatic rings. The van der Waals surface area contributed by atoms with Crippen molar-refractivity contribution in [3.8, 4) is 0 Å². The van der Waals surface area contributed by atoms with Crippen LogP contribution in [0.3, 0.4) is 0 Å². The number of nitrogens with one attached hydrogen (secondary N) is 1. The van der Waals surface area contributed by atoms with Gasteiger partial charge in [-0.1, -0.05) is 95.1 Å². The minimum atomic E-state index is -4.17. The molecule has 0 radical (unpaired) electrons. The summed E-state index contributed by atoms with van der Waals surface area (Å²) in [5.74, 6) is -0.835. The van der Waals surface area contributed by atoms with Gasteiger partial charge in [0.15, 0.2) is 0 Å². The molecule has 7 nitrogen and oxygen atoms in total. The summed E-state index contributed by atoms with van der Waals surface area (Å²) in [4.78, 5) is 29.5. The summed E-state index contributed by atoms with van der Waals surface area (Å²) in [7, 11) is -4.17. The monoisotopic (exact) mass is 707 g/mol. The van der Waals surface area contributed by atoms with E-state index >= 15 is 0 Å². The summed E-state index contributed by atoms with van der Waals surface area (Å²) in [5, 5.41) is 3.84. The molecule has 230 valence electrons. The molecule has 2 amide bonds. The normalized spacial score (nSPS) is 14.6. The van der Waals surface area contributed by atoms with Crippen LogP contribution in [0, 0.1) is 6.92 Å². The molecule has 0 bridgehead atoms. The van der Waals surface area contributed by atoms with Gasteiger partial charge in [-0.25, -0.2) is 8.42 Å². The standard InChI is InChI=1S/C32H36BrCl2N3O4S/c1-3-30(32(40)36-24-10-5-4-6-11-24)37(20-27-28(34)13-8-14-29(27)35)31(39)21-38(25-12-7-9-23(33)19-25)43(41,42)26-17-15-22(2)16-18-26/h7-9,12-19,24,30H,3-6,10-11,20-21H2,1-2H3,(H,36,40)/t30-/m0/s1. The molecule has 1 atom stereocenters. The zero-order chi connectivity index (χ0) is 31.1. The minimum Gasteiger partial charge on any atom is -0.352 e. The second-order valence-electron chi connectivity index (χ2n) is 10.8. The first-order valence-corrected chi connectivity index (χ1v) is 17.4. The molecule has 0 aromatic heterocycles. The van der Waals surface area contributed by atoms with Gasteiger partial charge in [-0.2, -0.15) is 0 Å². The van der Waals surface area contributed by atoms with E-state index in [1.165, 1.54) is 17.0 Å². The molecule has 0 heterocycles. The lowest BCUT2D eigenvalue weighted by Crippen LogP contribution is -2.54. The topological polar surface area (TPSA) is 86.8 Å². The van der Waals surface area contributed by atoms with Crippen molar-refractivity contribution >= 4 is 66.7 Å². The maximum atomic E-state index is 14.3. The van der Waals surface area contributed by atoms with E-state index in [2.05, 4.69) is 21.2 Å². The Hall–Kier alpha value is -2.59. The molecule has 0 saturated heterocycles. The van der Waals surface area contributed by atoms with E-state index in [0.717, 1.165) is 42.0 Å². The number of nitrogens with zero attached hydrogens (tertiary/aromatic N) is 2. The first kappa shape index (κ1) is 33.3. The number of aryl methyl sites for hydroxylation is 1. The Kier molecular flexibility index (Phi) is 11.6. The van der Waals surface area contributed by atoms with Crippen LogP contribution in [0.25, 0.3) is 0 Å². The van der Waals surface area contributed by atoms with Crippen molar-refractivity contribution in [1.29, 1.82) is 0 Å². The highest BCUT2D eigenvalue weighted by atomic mass is 79.9. The zero-order valence-electron chi connectivity index (χ0n) is 24.2. The van der Waals surface area contributed by atoms with Crippen molar-refractivity contribution in [3.63, 3.8) is 0 Å². The van der Waals surface area contributed by atoms with E-state index in [1.54, 1.807) is 54.6 Å². The van der Waals surface area contributed by atoms with Gasteiger partial charge in [0, 0.05) is 32.7 Å². The summed E-state index contributed by atoms with van der Waals surface area (Å²) in [6, 6.07) is 17.4.